The summed E-state index contributed by atoms with van der Waals surface area (Å²) in [4.78, 5) is 6.86. The Morgan fingerprint density at radius 3 is 2.56 bits per heavy atom. The predicted molar refractivity (Wildman–Crippen MR) is 75.4 cm³/mol. The molecule has 0 bridgehead atoms. The Morgan fingerprint density at radius 2 is 2.06 bits per heavy atom. The van der Waals surface area contributed by atoms with Gasteiger partial charge in [-0.3, -0.25) is 9.88 Å². The van der Waals surface area contributed by atoms with E-state index in [1.807, 2.05) is 26.0 Å². The minimum atomic E-state index is -0.308. The van der Waals surface area contributed by atoms with Gasteiger partial charge in [0.25, 0.3) is 0 Å². The highest BCUT2D eigenvalue weighted by Crippen LogP contribution is 2.22. The fourth-order valence-corrected chi connectivity index (χ4v) is 1.90. The summed E-state index contributed by atoms with van der Waals surface area (Å²) in [6.45, 7) is 12.9. The smallest absolute Gasteiger partial charge is 0.0575 e. The maximum atomic E-state index is 9.79. The van der Waals surface area contributed by atoms with E-state index in [0.717, 1.165) is 31.0 Å². The lowest BCUT2D eigenvalue weighted by Gasteiger charge is -2.34. The lowest BCUT2D eigenvalue weighted by molar-refractivity contribution is 0.0334. The molecule has 1 aromatic rings. The molecule has 1 N–H and O–H groups in total. The van der Waals surface area contributed by atoms with Gasteiger partial charge in [0, 0.05) is 24.2 Å². The minimum absolute atomic E-state index is 0.0974. The predicted octanol–water partition coefficient (Wildman–Crippen LogP) is 2.62. The fraction of sp³-hybridized carbons (Fsp3) is 0.667. The van der Waals surface area contributed by atoms with Gasteiger partial charge in [-0.25, -0.2) is 0 Å². The monoisotopic (exact) mass is 250 g/mol. The van der Waals surface area contributed by atoms with Crippen molar-refractivity contribution in [2.24, 2.45) is 5.41 Å². The van der Waals surface area contributed by atoms with Crippen molar-refractivity contribution in [3.8, 4) is 0 Å². The van der Waals surface area contributed by atoms with E-state index in [9.17, 15) is 5.11 Å². The lowest BCUT2D eigenvalue weighted by atomic mass is 9.87. The molecule has 1 heterocycles. The van der Waals surface area contributed by atoms with Gasteiger partial charge in [-0.1, -0.05) is 26.8 Å². The van der Waals surface area contributed by atoms with E-state index in [0.29, 0.717) is 0 Å². The number of rotatable bonds is 6. The molecule has 0 amide bonds. The van der Waals surface area contributed by atoms with Gasteiger partial charge in [-0.05, 0) is 32.5 Å². The topological polar surface area (TPSA) is 36.4 Å². The number of aliphatic hydroxyl groups is 1. The molecule has 0 aliphatic carbocycles. The van der Waals surface area contributed by atoms with Gasteiger partial charge in [-0.15, -0.1) is 0 Å². The Morgan fingerprint density at radius 1 is 1.39 bits per heavy atom. The minimum Gasteiger partial charge on any atom is -0.393 e. The van der Waals surface area contributed by atoms with Gasteiger partial charge in [0.15, 0.2) is 0 Å². The summed E-state index contributed by atoms with van der Waals surface area (Å²) in [5, 5.41) is 9.79. The summed E-state index contributed by atoms with van der Waals surface area (Å²) in [5.41, 5.74) is 2.05. The number of aromatic nitrogens is 1. The van der Waals surface area contributed by atoms with Crippen LogP contribution in [0.5, 0.6) is 0 Å². The van der Waals surface area contributed by atoms with Gasteiger partial charge in [0.05, 0.1) is 11.8 Å². The summed E-state index contributed by atoms with van der Waals surface area (Å²) in [6.07, 6.45) is -0.308. The van der Waals surface area contributed by atoms with Crippen LogP contribution in [0.3, 0.4) is 0 Å². The van der Waals surface area contributed by atoms with E-state index in [1.54, 1.807) is 0 Å². The molecule has 1 atom stereocenters. The SMILES string of the molecule is CCN(Cc1cccc(C)n1)CC(C)(C)C(C)O. The van der Waals surface area contributed by atoms with Gasteiger partial charge < -0.3 is 5.11 Å². The second-order valence-corrected chi connectivity index (χ2v) is 5.74. The maximum absolute atomic E-state index is 9.79. The Balaban J connectivity index is 2.68. The average Bonchev–Trinajstić information content (AvgIpc) is 2.27. The van der Waals surface area contributed by atoms with Crippen LogP contribution in [0.2, 0.25) is 0 Å². The van der Waals surface area contributed by atoms with Crippen LogP contribution < -0.4 is 0 Å². The zero-order chi connectivity index (χ0) is 13.8. The van der Waals surface area contributed by atoms with Crippen LogP contribution in [0, 0.1) is 12.3 Å². The fourth-order valence-electron chi connectivity index (χ4n) is 1.90. The zero-order valence-electron chi connectivity index (χ0n) is 12.3. The van der Waals surface area contributed by atoms with Crippen LogP contribution in [-0.2, 0) is 6.54 Å². The van der Waals surface area contributed by atoms with Crippen LogP contribution in [0.1, 0.15) is 39.1 Å². The van der Waals surface area contributed by atoms with Crippen LogP contribution in [-0.4, -0.2) is 34.2 Å². The molecule has 3 nitrogen and oxygen atoms in total. The Kier molecular flexibility index (Phi) is 5.29. The molecule has 0 aromatic carbocycles. The maximum Gasteiger partial charge on any atom is 0.0575 e. The molecule has 1 aromatic heterocycles. The van der Waals surface area contributed by atoms with Gasteiger partial charge >= 0.3 is 0 Å². The Hall–Kier alpha value is -0.930. The summed E-state index contributed by atoms with van der Waals surface area (Å²) in [7, 11) is 0. The summed E-state index contributed by atoms with van der Waals surface area (Å²) in [5.74, 6) is 0. The summed E-state index contributed by atoms with van der Waals surface area (Å²) >= 11 is 0. The molecule has 0 aliphatic heterocycles. The quantitative estimate of drug-likeness (QED) is 0.843. The van der Waals surface area contributed by atoms with Crippen molar-refractivity contribution in [2.45, 2.75) is 47.3 Å². The number of nitrogens with zero attached hydrogens (tertiary/aromatic N) is 2. The van der Waals surface area contributed by atoms with Crippen molar-refractivity contribution < 1.29 is 5.11 Å². The first-order valence-corrected chi connectivity index (χ1v) is 6.68. The first-order valence-electron chi connectivity index (χ1n) is 6.68. The summed E-state index contributed by atoms with van der Waals surface area (Å²) < 4.78 is 0. The molecule has 0 saturated heterocycles. The third kappa shape index (κ3) is 4.39. The highest BCUT2D eigenvalue weighted by atomic mass is 16.3. The molecule has 0 saturated carbocycles. The standard InChI is InChI=1S/C15H26N2O/c1-6-17(11-15(4,5)13(3)18)10-14-9-7-8-12(2)16-14/h7-9,13,18H,6,10-11H2,1-5H3. The van der Waals surface area contributed by atoms with Crippen molar-refractivity contribution in [3.05, 3.63) is 29.6 Å². The van der Waals surface area contributed by atoms with Gasteiger partial charge in [0.2, 0.25) is 0 Å². The third-order valence-electron chi connectivity index (χ3n) is 3.54. The van der Waals surface area contributed by atoms with Crippen molar-refractivity contribution >= 4 is 0 Å². The molecular formula is C15H26N2O. The van der Waals surface area contributed by atoms with Crippen LogP contribution in [0.15, 0.2) is 18.2 Å². The molecule has 0 radical (unpaired) electrons. The first-order chi connectivity index (χ1) is 8.35. The van der Waals surface area contributed by atoms with E-state index < -0.39 is 0 Å². The van der Waals surface area contributed by atoms with Gasteiger partial charge in [0.1, 0.15) is 0 Å². The lowest BCUT2D eigenvalue weighted by Crippen LogP contribution is -2.40. The van der Waals surface area contributed by atoms with Crippen molar-refractivity contribution in [3.63, 3.8) is 0 Å². The molecule has 0 fully saturated rings. The number of hydrogen-bond acceptors (Lipinski definition) is 3. The largest absolute Gasteiger partial charge is 0.393 e. The second kappa shape index (κ2) is 6.30. The van der Waals surface area contributed by atoms with E-state index in [2.05, 4.69) is 36.7 Å². The Bertz CT molecular complexity index is 375. The molecule has 1 unspecified atom stereocenters. The molecule has 3 heteroatoms. The molecular weight excluding hydrogens is 224 g/mol. The molecule has 0 spiro atoms. The van der Waals surface area contributed by atoms with Crippen LogP contribution in [0.4, 0.5) is 0 Å². The molecule has 1 rings (SSSR count). The van der Waals surface area contributed by atoms with E-state index in [1.165, 1.54) is 0 Å². The number of pyridine rings is 1. The normalized spacial score (nSPS) is 13.9. The van der Waals surface area contributed by atoms with Crippen LogP contribution >= 0.6 is 0 Å². The van der Waals surface area contributed by atoms with Crippen molar-refractivity contribution in [1.29, 1.82) is 0 Å². The Labute approximate surface area is 111 Å². The molecule has 18 heavy (non-hydrogen) atoms. The van der Waals surface area contributed by atoms with E-state index in [-0.39, 0.29) is 11.5 Å². The summed E-state index contributed by atoms with van der Waals surface area (Å²) in [6, 6.07) is 6.12. The first kappa shape index (κ1) is 15.1. The zero-order valence-corrected chi connectivity index (χ0v) is 12.3. The molecule has 102 valence electrons. The number of aliphatic hydroxyl groups excluding tert-OH is 1. The van der Waals surface area contributed by atoms with Crippen molar-refractivity contribution in [1.82, 2.24) is 9.88 Å². The third-order valence-corrected chi connectivity index (χ3v) is 3.54. The van der Waals surface area contributed by atoms with Crippen LogP contribution in [0.25, 0.3) is 0 Å². The highest BCUT2D eigenvalue weighted by molar-refractivity contribution is 5.09. The van der Waals surface area contributed by atoms with E-state index >= 15 is 0 Å². The van der Waals surface area contributed by atoms with E-state index in [4.69, 9.17) is 0 Å². The molecule has 0 aliphatic rings. The van der Waals surface area contributed by atoms with Crippen molar-refractivity contribution in [2.75, 3.05) is 13.1 Å². The average molecular weight is 250 g/mol. The number of aryl methyl sites for hydroxylation is 1. The van der Waals surface area contributed by atoms with Gasteiger partial charge in [-0.2, -0.15) is 0 Å². The highest BCUT2D eigenvalue weighted by Gasteiger charge is 2.26. The second-order valence-electron chi connectivity index (χ2n) is 5.74. The number of hydrogen-bond donors (Lipinski definition) is 1.